The van der Waals surface area contributed by atoms with Gasteiger partial charge in [0.05, 0.1) is 0 Å². The van der Waals surface area contributed by atoms with E-state index in [1.165, 1.54) is 0 Å². The highest BCUT2D eigenvalue weighted by atomic mass is 35.5. The number of benzene rings is 1. The number of carbonyl (C=O) groups excluding carboxylic acids is 1. The minimum absolute atomic E-state index is 0.0665. The molecule has 5 heteroatoms. The van der Waals surface area contributed by atoms with Crippen LogP contribution in [-0.4, -0.2) is 18.7 Å². The number of aryl methyl sites for hydroxylation is 1. The van der Waals surface area contributed by atoms with Gasteiger partial charge in [-0.1, -0.05) is 23.8 Å². The lowest BCUT2D eigenvalue weighted by atomic mass is 9.96. The molecule has 1 aliphatic rings. The molecule has 0 heterocycles. The Bertz CT molecular complexity index is 555. The van der Waals surface area contributed by atoms with Gasteiger partial charge in [0.2, 0.25) is 0 Å². The molecule has 1 amide bonds. The zero-order valence-electron chi connectivity index (χ0n) is 12.0. The van der Waals surface area contributed by atoms with Crippen molar-refractivity contribution in [2.24, 2.45) is 11.0 Å². The number of allylic oxidation sites excluding steroid dienone is 2. The summed E-state index contributed by atoms with van der Waals surface area (Å²) in [6.07, 6.45) is 9.26. The summed E-state index contributed by atoms with van der Waals surface area (Å²) in [6.45, 7) is 1.82. The van der Waals surface area contributed by atoms with Gasteiger partial charge in [-0.2, -0.15) is 5.10 Å². The number of amides is 1. The number of rotatable bonds is 5. The quantitative estimate of drug-likeness (QED) is 0.514. The van der Waals surface area contributed by atoms with Gasteiger partial charge >= 0.3 is 0 Å². The fourth-order valence-corrected chi connectivity index (χ4v) is 2.17. The van der Waals surface area contributed by atoms with E-state index in [1.807, 2.05) is 6.92 Å². The third-order valence-electron chi connectivity index (χ3n) is 3.28. The number of hydrogen-bond donors (Lipinski definition) is 1. The first kappa shape index (κ1) is 15.6. The Morgan fingerprint density at radius 2 is 2.38 bits per heavy atom. The third kappa shape index (κ3) is 5.23. The van der Waals surface area contributed by atoms with Crippen molar-refractivity contribution in [3.63, 3.8) is 0 Å². The normalized spacial score (nSPS) is 17.9. The van der Waals surface area contributed by atoms with Crippen LogP contribution in [0.4, 0.5) is 0 Å². The first-order valence-electron chi connectivity index (χ1n) is 7.01. The summed E-state index contributed by atoms with van der Waals surface area (Å²) in [5.74, 6) is 0.758. The first-order chi connectivity index (χ1) is 10.1. The molecule has 21 heavy (non-hydrogen) atoms. The molecule has 1 atom stereocenters. The van der Waals surface area contributed by atoms with Crippen LogP contribution < -0.4 is 10.2 Å². The van der Waals surface area contributed by atoms with Crippen LogP contribution in [-0.2, 0) is 4.79 Å². The van der Waals surface area contributed by atoms with Crippen molar-refractivity contribution in [1.82, 2.24) is 5.43 Å². The molecular formula is C16H19ClN2O2. The van der Waals surface area contributed by atoms with Crippen LogP contribution in [0.25, 0.3) is 0 Å². The maximum Gasteiger partial charge on any atom is 0.277 e. The van der Waals surface area contributed by atoms with Crippen LogP contribution in [0.2, 0.25) is 5.02 Å². The SMILES string of the molecule is Cc1cc(OCC(=O)N/N=C\[C@H]2CC=CCC2)ccc1Cl. The van der Waals surface area contributed by atoms with Gasteiger partial charge in [0, 0.05) is 11.2 Å². The van der Waals surface area contributed by atoms with E-state index >= 15 is 0 Å². The Morgan fingerprint density at radius 3 is 3.10 bits per heavy atom. The summed E-state index contributed by atoms with van der Waals surface area (Å²) < 4.78 is 5.39. The van der Waals surface area contributed by atoms with E-state index in [-0.39, 0.29) is 12.5 Å². The molecule has 0 aromatic heterocycles. The molecule has 0 radical (unpaired) electrons. The van der Waals surface area contributed by atoms with E-state index in [0.717, 1.165) is 24.8 Å². The van der Waals surface area contributed by atoms with Gasteiger partial charge < -0.3 is 4.74 Å². The lowest BCUT2D eigenvalue weighted by Crippen LogP contribution is -2.25. The van der Waals surface area contributed by atoms with E-state index in [1.54, 1.807) is 24.4 Å². The van der Waals surface area contributed by atoms with Gasteiger partial charge in [-0.15, -0.1) is 0 Å². The summed E-state index contributed by atoms with van der Waals surface area (Å²) in [5, 5.41) is 4.66. The van der Waals surface area contributed by atoms with Crippen LogP contribution in [0, 0.1) is 12.8 Å². The Balaban J connectivity index is 1.73. The van der Waals surface area contributed by atoms with Crippen LogP contribution in [0.5, 0.6) is 5.75 Å². The second-order valence-electron chi connectivity index (χ2n) is 5.06. The molecule has 1 aromatic carbocycles. The summed E-state index contributed by atoms with van der Waals surface area (Å²) in [4.78, 5) is 11.6. The van der Waals surface area contributed by atoms with Gasteiger partial charge in [0.25, 0.3) is 5.91 Å². The van der Waals surface area contributed by atoms with Crippen LogP contribution in [0.15, 0.2) is 35.5 Å². The fourth-order valence-electron chi connectivity index (χ4n) is 2.06. The van der Waals surface area contributed by atoms with E-state index in [2.05, 4.69) is 22.7 Å². The number of halogens is 1. The zero-order chi connectivity index (χ0) is 15.1. The second-order valence-corrected chi connectivity index (χ2v) is 5.46. The Kier molecular flexibility index (Phi) is 5.81. The van der Waals surface area contributed by atoms with E-state index in [9.17, 15) is 4.79 Å². The third-order valence-corrected chi connectivity index (χ3v) is 3.71. The Labute approximate surface area is 129 Å². The molecule has 1 N–H and O–H groups in total. The molecular weight excluding hydrogens is 288 g/mol. The van der Waals surface area contributed by atoms with Crippen LogP contribution >= 0.6 is 11.6 Å². The highest BCUT2D eigenvalue weighted by Crippen LogP contribution is 2.20. The molecule has 1 aliphatic carbocycles. The molecule has 0 aliphatic heterocycles. The average Bonchev–Trinajstić information content (AvgIpc) is 2.49. The summed E-state index contributed by atoms with van der Waals surface area (Å²) >= 11 is 5.93. The van der Waals surface area contributed by atoms with Crippen molar-refractivity contribution < 1.29 is 9.53 Å². The number of hydrogen-bond acceptors (Lipinski definition) is 3. The second kappa shape index (κ2) is 7.84. The van der Waals surface area contributed by atoms with Gasteiger partial charge in [-0.05, 0) is 55.9 Å². The lowest BCUT2D eigenvalue weighted by molar-refractivity contribution is -0.123. The minimum Gasteiger partial charge on any atom is -0.484 e. The van der Waals surface area contributed by atoms with Crippen molar-refractivity contribution in [2.45, 2.75) is 26.2 Å². The van der Waals surface area contributed by atoms with Crippen molar-refractivity contribution in [1.29, 1.82) is 0 Å². The number of hydrazone groups is 1. The predicted octanol–water partition coefficient (Wildman–Crippen LogP) is 3.49. The van der Waals surface area contributed by atoms with Gasteiger partial charge in [-0.25, -0.2) is 5.43 Å². The monoisotopic (exact) mass is 306 g/mol. The van der Waals surface area contributed by atoms with Gasteiger partial charge in [-0.3, -0.25) is 4.79 Å². The molecule has 0 fully saturated rings. The summed E-state index contributed by atoms with van der Waals surface area (Å²) in [5.41, 5.74) is 3.40. The topological polar surface area (TPSA) is 50.7 Å². The van der Waals surface area contributed by atoms with Gasteiger partial charge in [0.15, 0.2) is 6.61 Å². The maximum atomic E-state index is 11.6. The molecule has 112 valence electrons. The molecule has 0 unspecified atom stereocenters. The lowest BCUT2D eigenvalue weighted by Gasteiger charge is -2.11. The molecule has 0 saturated carbocycles. The molecule has 0 bridgehead atoms. The number of nitrogens with one attached hydrogen (secondary N) is 1. The van der Waals surface area contributed by atoms with Crippen LogP contribution in [0.3, 0.4) is 0 Å². The first-order valence-corrected chi connectivity index (χ1v) is 7.39. The highest BCUT2D eigenvalue weighted by molar-refractivity contribution is 6.31. The predicted molar refractivity (Wildman–Crippen MR) is 84.8 cm³/mol. The minimum atomic E-state index is -0.273. The van der Waals surface area contributed by atoms with Crippen molar-refractivity contribution in [3.05, 3.63) is 40.9 Å². The number of ether oxygens (including phenoxy) is 1. The Morgan fingerprint density at radius 1 is 1.52 bits per heavy atom. The van der Waals surface area contributed by atoms with Gasteiger partial charge in [0.1, 0.15) is 5.75 Å². The smallest absolute Gasteiger partial charge is 0.277 e. The van der Waals surface area contributed by atoms with E-state index < -0.39 is 0 Å². The van der Waals surface area contributed by atoms with Crippen molar-refractivity contribution in [2.75, 3.05) is 6.61 Å². The largest absolute Gasteiger partial charge is 0.484 e. The van der Waals surface area contributed by atoms with Crippen LogP contribution in [0.1, 0.15) is 24.8 Å². The standard InChI is InChI=1S/C16H19ClN2O2/c1-12-9-14(7-8-15(12)17)21-11-16(20)19-18-10-13-5-3-2-4-6-13/h2-3,7-10,13H,4-6,11H2,1H3,(H,19,20)/b18-10-/t13-/m0/s1. The summed E-state index contributed by atoms with van der Waals surface area (Å²) in [7, 11) is 0. The molecule has 4 nitrogen and oxygen atoms in total. The molecule has 1 aromatic rings. The molecule has 2 rings (SSSR count). The number of carbonyl (C=O) groups is 1. The highest BCUT2D eigenvalue weighted by Gasteiger charge is 2.07. The van der Waals surface area contributed by atoms with Crippen molar-refractivity contribution >= 4 is 23.7 Å². The zero-order valence-corrected chi connectivity index (χ0v) is 12.8. The summed E-state index contributed by atoms with van der Waals surface area (Å²) in [6, 6.07) is 5.28. The number of nitrogens with zero attached hydrogens (tertiary/aromatic N) is 1. The van der Waals surface area contributed by atoms with E-state index in [4.69, 9.17) is 16.3 Å². The molecule has 0 saturated heterocycles. The van der Waals surface area contributed by atoms with Crippen molar-refractivity contribution in [3.8, 4) is 5.75 Å². The fraction of sp³-hybridized carbons (Fsp3) is 0.375. The molecule has 0 spiro atoms. The maximum absolute atomic E-state index is 11.6. The Hall–Kier alpha value is -1.81. The average molecular weight is 307 g/mol. The van der Waals surface area contributed by atoms with E-state index in [0.29, 0.717) is 16.7 Å².